The third-order valence-corrected chi connectivity index (χ3v) is 5.79. The summed E-state index contributed by atoms with van der Waals surface area (Å²) in [4.78, 5) is 23.8. The number of pyridine rings is 1. The second-order valence-electron chi connectivity index (χ2n) is 7.27. The number of benzene rings is 1. The molecule has 1 N–H and O–H groups in total. The van der Waals surface area contributed by atoms with E-state index in [4.69, 9.17) is 4.74 Å². The molecule has 7 heteroatoms. The topological polar surface area (TPSA) is 67.4 Å². The highest BCUT2D eigenvalue weighted by molar-refractivity contribution is 7.13. The number of carbonyl (C=O) groups excluding carboxylic acids is 1. The van der Waals surface area contributed by atoms with Gasteiger partial charge in [0.2, 0.25) is 0 Å². The second-order valence-corrected chi connectivity index (χ2v) is 8.13. The third kappa shape index (κ3) is 4.63. The van der Waals surface area contributed by atoms with Crippen molar-refractivity contribution in [2.45, 2.75) is 19.8 Å². The van der Waals surface area contributed by atoms with Gasteiger partial charge in [-0.05, 0) is 35.7 Å². The van der Waals surface area contributed by atoms with Gasteiger partial charge in [-0.25, -0.2) is 9.97 Å². The van der Waals surface area contributed by atoms with Gasteiger partial charge in [-0.15, -0.1) is 11.3 Å². The van der Waals surface area contributed by atoms with Crippen LogP contribution in [0.1, 0.15) is 35.8 Å². The van der Waals surface area contributed by atoms with Crippen molar-refractivity contribution in [1.29, 1.82) is 0 Å². The maximum absolute atomic E-state index is 12.6. The van der Waals surface area contributed by atoms with Crippen molar-refractivity contribution in [1.82, 2.24) is 9.97 Å². The van der Waals surface area contributed by atoms with Crippen molar-refractivity contribution in [2.75, 3.05) is 36.5 Å². The van der Waals surface area contributed by atoms with E-state index in [1.165, 1.54) is 16.9 Å². The number of hydrogen-bond acceptors (Lipinski definition) is 6. The highest BCUT2D eigenvalue weighted by Crippen LogP contribution is 2.27. The smallest absolute Gasteiger partial charge is 0.275 e. The minimum atomic E-state index is -0.202. The fourth-order valence-corrected chi connectivity index (χ4v) is 3.97. The molecule has 0 unspecified atom stereocenters. The number of anilines is 2. The van der Waals surface area contributed by atoms with Crippen LogP contribution >= 0.6 is 11.3 Å². The van der Waals surface area contributed by atoms with Crippen molar-refractivity contribution >= 4 is 28.7 Å². The minimum Gasteiger partial charge on any atom is -0.378 e. The average molecular weight is 409 g/mol. The number of nitrogens with zero attached hydrogens (tertiary/aromatic N) is 3. The molecular formula is C22H24N4O2S. The third-order valence-electron chi connectivity index (χ3n) is 4.90. The SMILES string of the molecule is CC(C)c1ccc(NC(=O)c2csc(-c3ccnc(N4CCOCC4)c3)n2)cc1. The molecule has 4 rings (SSSR count). The lowest BCUT2D eigenvalue weighted by Gasteiger charge is -2.27. The predicted octanol–water partition coefficient (Wildman–Crippen LogP) is 4.42. The molecule has 0 saturated carbocycles. The summed E-state index contributed by atoms with van der Waals surface area (Å²) in [5, 5.41) is 5.52. The summed E-state index contributed by atoms with van der Waals surface area (Å²) >= 11 is 1.46. The van der Waals surface area contributed by atoms with Crippen molar-refractivity contribution in [2.24, 2.45) is 0 Å². The maximum atomic E-state index is 12.6. The van der Waals surface area contributed by atoms with Gasteiger partial charge in [0.15, 0.2) is 0 Å². The minimum absolute atomic E-state index is 0.202. The Morgan fingerprint density at radius 2 is 1.93 bits per heavy atom. The van der Waals surface area contributed by atoms with E-state index in [1.54, 1.807) is 11.6 Å². The Bertz CT molecular complexity index is 978. The normalized spacial score (nSPS) is 14.2. The van der Waals surface area contributed by atoms with Gasteiger partial charge in [-0.3, -0.25) is 4.79 Å². The quantitative estimate of drug-likeness (QED) is 0.677. The molecule has 0 bridgehead atoms. The molecule has 0 radical (unpaired) electrons. The zero-order valence-corrected chi connectivity index (χ0v) is 17.4. The number of carbonyl (C=O) groups is 1. The molecule has 0 spiro atoms. The first-order valence-corrected chi connectivity index (χ1v) is 10.6. The van der Waals surface area contributed by atoms with Gasteiger partial charge in [0.25, 0.3) is 5.91 Å². The van der Waals surface area contributed by atoms with Crippen LogP contribution in [0, 0.1) is 0 Å². The molecule has 6 nitrogen and oxygen atoms in total. The number of morpholine rings is 1. The first-order chi connectivity index (χ1) is 14.1. The lowest BCUT2D eigenvalue weighted by atomic mass is 10.0. The van der Waals surface area contributed by atoms with E-state index in [1.807, 2.05) is 36.4 Å². The van der Waals surface area contributed by atoms with Gasteiger partial charge in [0.1, 0.15) is 16.5 Å². The van der Waals surface area contributed by atoms with Crippen LogP contribution in [0.4, 0.5) is 11.5 Å². The Morgan fingerprint density at radius 1 is 1.17 bits per heavy atom. The summed E-state index contributed by atoms with van der Waals surface area (Å²) in [5.41, 5.74) is 3.40. The molecule has 150 valence electrons. The molecule has 1 amide bonds. The van der Waals surface area contributed by atoms with Crippen molar-refractivity contribution in [3.8, 4) is 10.6 Å². The average Bonchev–Trinajstić information content (AvgIpc) is 3.25. The first-order valence-electron chi connectivity index (χ1n) is 9.76. The molecule has 2 aromatic heterocycles. The standard InChI is InChI=1S/C22H24N4O2S/c1-15(2)16-3-5-18(6-4-16)24-21(27)19-14-29-22(25-19)17-7-8-23-20(13-17)26-9-11-28-12-10-26/h3-8,13-15H,9-12H2,1-2H3,(H,24,27). The van der Waals surface area contributed by atoms with Crippen LogP contribution in [0.15, 0.2) is 48.0 Å². The molecule has 0 aliphatic carbocycles. The van der Waals surface area contributed by atoms with Crippen molar-refractivity contribution < 1.29 is 9.53 Å². The van der Waals surface area contributed by atoms with E-state index in [0.717, 1.165) is 35.2 Å². The fourth-order valence-electron chi connectivity index (χ4n) is 3.17. The molecule has 0 atom stereocenters. The van der Waals surface area contributed by atoms with E-state index in [0.29, 0.717) is 24.8 Å². The zero-order valence-electron chi connectivity index (χ0n) is 16.6. The fraction of sp³-hybridized carbons (Fsp3) is 0.318. The number of amides is 1. The van der Waals surface area contributed by atoms with E-state index in [9.17, 15) is 4.79 Å². The van der Waals surface area contributed by atoms with Crippen LogP contribution < -0.4 is 10.2 Å². The van der Waals surface area contributed by atoms with E-state index in [-0.39, 0.29) is 5.91 Å². The molecule has 1 aliphatic rings. The summed E-state index contributed by atoms with van der Waals surface area (Å²) in [6.07, 6.45) is 1.79. The summed E-state index contributed by atoms with van der Waals surface area (Å²) in [7, 11) is 0. The molecule has 29 heavy (non-hydrogen) atoms. The van der Waals surface area contributed by atoms with Gasteiger partial charge in [0.05, 0.1) is 13.2 Å². The summed E-state index contributed by atoms with van der Waals surface area (Å²) < 4.78 is 5.41. The summed E-state index contributed by atoms with van der Waals surface area (Å²) in [5.74, 6) is 1.17. The van der Waals surface area contributed by atoms with Gasteiger partial charge in [0, 0.05) is 35.9 Å². The van der Waals surface area contributed by atoms with Crippen LogP contribution in [-0.4, -0.2) is 42.2 Å². The van der Waals surface area contributed by atoms with Crippen molar-refractivity contribution in [3.05, 3.63) is 59.2 Å². The van der Waals surface area contributed by atoms with E-state index >= 15 is 0 Å². The lowest BCUT2D eigenvalue weighted by molar-refractivity contribution is 0.102. The van der Waals surface area contributed by atoms with E-state index < -0.39 is 0 Å². The van der Waals surface area contributed by atoms with E-state index in [2.05, 4.69) is 34.0 Å². The monoisotopic (exact) mass is 408 g/mol. The lowest BCUT2D eigenvalue weighted by Crippen LogP contribution is -2.36. The number of hydrogen-bond donors (Lipinski definition) is 1. The first kappa shape index (κ1) is 19.5. The van der Waals surface area contributed by atoms with Crippen LogP contribution in [0.5, 0.6) is 0 Å². The number of thiazole rings is 1. The Balaban J connectivity index is 1.47. The highest BCUT2D eigenvalue weighted by atomic mass is 32.1. The highest BCUT2D eigenvalue weighted by Gasteiger charge is 2.16. The predicted molar refractivity (Wildman–Crippen MR) is 117 cm³/mol. The van der Waals surface area contributed by atoms with Crippen LogP contribution in [0.25, 0.3) is 10.6 Å². The molecular weight excluding hydrogens is 384 g/mol. The van der Waals surface area contributed by atoms with Crippen LogP contribution in [-0.2, 0) is 4.74 Å². The van der Waals surface area contributed by atoms with Gasteiger partial charge in [-0.1, -0.05) is 26.0 Å². The Labute approximate surface area is 174 Å². The molecule has 1 saturated heterocycles. The molecule has 1 aliphatic heterocycles. The van der Waals surface area contributed by atoms with Gasteiger partial charge in [-0.2, -0.15) is 0 Å². The Morgan fingerprint density at radius 3 is 2.66 bits per heavy atom. The number of aromatic nitrogens is 2. The zero-order chi connectivity index (χ0) is 20.2. The molecule has 1 fully saturated rings. The molecule has 1 aromatic carbocycles. The Hall–Kier alpha value is -2.77. The summed E-state index contributed by atoms with van der Waals surface area (Å²) in [6.45, 7) is 7.38. The number of rotatable bonds is 5. The van der Waals surface area contributed by atoms with Crippen LogP contribution in [0.2, 0.25) is 0 Å². The number of nitrogens with one attached hydrogen (secondary N) is 1. The van der Waals surface area contributed by atoms with Crippen molar-refractivity contribution in [3.63, 3.8) is 0 Å². The number of ether oxygens (including phenoxy) is 1. The molecule has 3 aromatic rings. The summed E-state index contributed by atoms with van der Waals surface area (Å²) in [6, 6.07) is 11.9. The maximum Gasteiger partial charge on any atom is 0.275 e. The van der Waals surface area contributed by atoms with Crippen LogP contribution in [0.3, 0.4) is 0 Å². The van der Waals surface area contributed by atoms with Gasteiger partial charge < -0.3 is 15.0 Å². The second kappa shape index (κ2) is 8.71. The molecule has 3 heterocycles. The largest absolute Gasteiger partial charge is 0.378 e. The Kier molecular flexibility index (Phi) is 5.87. The van der Waals surface area contributed by atoms with Gasteiger partial charge >= 0.3 is 0 Å².